The normalized spacial score (nSPS) is 26.3. The van der Waals surface area contributed by atoms with Crippen molar-refractivity contribution >= 4 is 5.97 Å². The largest absolute Gasteiger partial charge is 0.462 e. The fourth-order valence-electron chi connectivity index (χ4n) is 1.11. The third kappa shape index (κ3) is 1.70. The summed E-state index contributed by atoms with van der Waals surface area (Å²) in [5.74, 6) is -0.0200. The second-order valence-electron chi connectivity index (χ2n) is 2.44. The Bertz CT molecular complexity index is 109. The lowest BCUT2D eigenvalue weighted by atomic mass is 10.1. The van der Waals surface area contributed by atoms with E-state index in [2.05, 4.69) is 6.92 Å². The van der Waals surface area contributed by atoms with Gasteiger partial charge in [-0.2, -0.15) is 0 Å². The van der Waals surface area contributed by atoms with E-state index in [-0.39, 0.29) is 12.1 Å². The van der Waals surface area contributed by atoms with Crippen molar-refractivity contribution in [3.8, 4) is 0 Å². The smallest absolute Gasteiger partial charge is 0.306 e. The number of carbonyl (C=O) groups is 1. The average molecular weight is 128 g/mol. The van der Waals surface area contributed by atoms with Gasteiger partial charge in [-0.1, -0.05) is 13.3 Å². The van der Waals surface area contributed by atoms with Crippen molar-refractivity contribution in [1.29, 1.82) is 0 Å². The molecule has 1 aliphatic heterocycles. The molecule has 1 saturated heterocycles. The molecular formula is C7H12O2. The SMILES string of the molecule is CCC[C@@H]1CCC(=O)O1. The first-order valence-electron chi connectivity index (χ1n) is 3.52. The Morgan fingerprint density at radius 1 is 1.78 bits per heavy atom. The second-order valence-corrected chi connectivity index (χ2v) is 2.44. The van der Waals surface area contributed by atoms with E-state index >= 15 is 0 Å². The van der Waals surface area contributed by atoms with Crippen molar-refractivity contribution in [2.45, 2.75) is 38.7 Å². The van der Waals surface area contributed by atoms with Crippen LogP contribution in [-0.4, -0.2) is 12.1 Å². The Kier molecular flexibility index (Phi) is 2.09. The predicted molar refractivity (Wildman–Crippen MR) is 34.0 cm³/mol. The molecule has 0 aromatic heterocycles. The van der Waals surface area contributed by atoms with Gasteiger partial charge < -0.3 is 4.74 Å². The lowest BCUT2D eigenvalue weighted by molar-refractivity contribution is -0.141. The topological polar surface area (TPSA) is 26.3 Å². The van der Waals surface area contributed by atoms with Gasteiger partial charge in [0.05, 0.1) is 0 Å². The zero-order valence-corrected chi connectivity index (χ0v) is 5.72. The molecule has 1 heterocycles. The van der Waals surface area contributed by atoms with E-state index in [4.69, 9.17) is 4.74 Å². The summed E-state index contributed by atoms with van der Waals surface area (Å²) in [5.41, 5.74) is 0. The molecule has 0 unspecified atom stereocenters. The van der Waals surface area contributed by atoms with E-state index < -0.39 is 0 Å². The van der Waals surface area contributed by atoms with Gasteiger partial charge in [0.15, 0.2) is 0 Å². The van der Waals surface area contributed by atoms with Gasteiger partial charge in [-0.05, 0) is 12.8 Å². The van der Waals surface area contributed by atoms with Crippen LogP contribution >= 0.6 is 0 Å². The van der Waals surface area contributed by atoms with E-state index in [0.29, 0.717) is 6.42 Å². The number of rotatable bonds is 2. The van der Waals surface area contributed by atoms with Crippen molar-refractivity contribution in [3.05, 3.63) is 0 Å². The summed E-state index contributed by atoms with van der Waals surface area (Å²) in [6.07, 6.45) is 3.95. The fraction of sp³-hybridized carbons (Fsp3) is 0.857. The standard InChI is InChI=1S/C7H12O2/c1-2-3-6-4-5-7(8)9-6/h6H,2-5H2,1H3/t6-/m1/s1. The Hall–Kier alpha value is -0.530. The maximum Gasteiger partial charge on any atom is 0.306 e. The van der Waals surface area contributed by atoms with Crippen molar-refractivity contribution in [2.75, 3.05) is 0 Å². The molecule has 0 aromatic carbocycles. The van der Waals surface area contributed by atoms with Gasteiger partial charge >= 0.3 is 5.97 Å². The second kappa shape index (κ2) is 2.85. The molecule has 0 spiro atoms. The highest BCUT2D eigenvalue weighted by molar-refractivity contribution is 5.71. The molecular weight excluding hydrogens is 116 g/mol. The minimum Gasteiger partial charge on any atom is -0.462 e. The van der Waals surface area contributed by atoms with Crippen LogP contribution in [0.5, 0.6) is 0 Å². The minimum atomic E-state index is -0.0200. The van der Waals surface area contributed by atoms with E-state index in [1.807, 2.05) is 0 Å². The van der Waals surface area contributed by atoms with E-state index in [9.17, 15) is 4.79 Å². The lowest BCUT2D eigenvalue weighted by Gasteiger charge is -2.04. The minimum absolute atomic E-state index is 0.0200. The van der Waals surface area contributed by atoms with E-state index in [1.54, 1.807) is 0 Å². The highest BCUT2D eigenvalue weighted by atomic mass is 16.5. The molecule has 0 aliphatic carbocycles. The fourth-order valence-corrected chi connectivity index (χ4v) is 1.11. The predicted octanol–water partition coefficient (Wildman–Crippen LogP) is 1.49. The summed E-state index contributed by atoms with van der Waals surface area (Å²) in [4.78, 5) is 10.5. The molecule has 0 bridgehead atoms. The average Bonchev–Trinajstić information content (AvgIpc) is 2.17. The number of esters is 1. The van der Waals surface area contributed by atoms with Crippen LogP contribution < -0.4 is 0 Å². The molecule has 0 N–H and O–H groups in total. The molecule has 52 valence electrons. The molecule has 2 nitrogen and oxygen atoms in total. The third-order valence-corrected chi connectivity index (χ3v) is 1.58. The number of hydrogen-bond acceptors (Lipinski definition) is 2. The van der Waals surface area contributed by atoms with Crippen LogP contribution in [0.4, 0.5) is 0 Å². The summed E-state index contributed by atoms with van der Waals surface area (Å²) >= 11 is 0. The van der Waals surface area contributed by atoms with Gasteiger partial charge in [0.1, 0.15) is 6.10 Å². The number of carbonyl (C=O) groups excluding carboxylic acids is 1. The molecule has 1 aliphatic rings. The quantitative estimate of drug-likeness (QED) is 0.527. The van der Waals surface area contributed by atoms with E-state index in [1.165, 1.54) is 0 Å². The molecule has 1 fully saturated rings. The molecule has 0 radical (unpaired) electrons. The molecule has 0 aromatic rings. The van der Waals surface area contributed by atoms with Gasteiger partial charge in [-0.15, -0.1) is 0 Å². The number of ether oxygens (including phenoxy) is 1. The highest BCUT2D eigenvalue weighted by Crippen LogP contribution is 2.17. The molecule has 1 atom stereocenters. The molecule has 0 amide bonds. The van der Waals surface area contributed by atoms with Crippen LogP contribution in [-0.2, 0) is 9.53 Å². The van der Waals surface area contributed by atoms with E-state index in [0.717, 1.165) is 19.3 Å². The van der Waals surface area contributed by atoms with Gasteiger partial charge in [-0.25, -0.2) is 0 Å². The summed E-state index contributed by atoms with van der Waals surface area (Å²) in [6, 6.07) is 0. The van der Waals surface area contributed by atoms with Crippen molar-refractivity contribution < 1.29 is 9.53 Å². The van der Waals surface area contributed by atoms with Gasteiger partial charge in [-0.3, -0.25) is 4.79 Å². The first kappa shape index (κ1) is 6.59. The van der Waals surface area contributed by atoms with Crippen LogP contribution in [0.25, 0.3) is 0 Å². The zero-order chi connectivity index (χ0) is 6.69. The molecule has 0 saturated carbocycles. The van der Waals surface area contributed by atoms with Crippen molar-refractivity contribution in [1.82, 2.24) is 0 Å². The Morgan fingerprint density at radius 3 is 3.00 bits per heavy atom. The van der Waals surface area contributed by atoms with Crippen LogP contribution in [0.2, 0.25) is 0 Å². The van der Waals surface area contributed by atoms with Gasteiger partial charge in [0.25, 0.3) is 0 Å². The summed E-state index contributed by atoms with van der Waals surface area (Å²) in [5, 5.41) is 0. The number of cyclic esters (lactones) is 1. The summed E-state index contributed by atoms with van der Waals surface area (Å²) in [6.45, 7) is 2.10. The van der Waals surface area contributed by atoms with Gasteiger partial charge in [0.2, 0.25) is 0 Å². The first-order chi connectivity index (χ1) is 4.33. The maximum atomic E-state index is 10.5. The Balaban J connectivity index is 2.22. The van der Waals surface area contributed by atoms with Crippen molar-refractivity contribution in [3.63, 3.8) is 0 Å². The summed E-state index contributed by atoms with van der Waals surface area (Å²) < 4.78 is 4.96. The number of hydrogen-bond donors (Lipinski definition) is 0. The third-order valence-electron chi connectivity index (χ3n) is 1.58. The first-order valence-corrected chi connectivity index (χ1v) is 3.52. The van der Waals surface area contributed by atoms with Crippen LogP contribution in [0.1, 0.15) is 32.6 Å². The monoisotopic (exact) mass is 128 g/mol. The van der Waals surface area contributed by atoms with Crippen LogP contribution in [0.15, 0.2) is 0 Å². The lowest BCUT2D eigenvalue weighted by Crippen LogP contribution is -2.05. The van der Waals surface area contributed by atoms with Gasteiger partial charge in [0, 0.05) is 6.42 Å². The zero-order valence-electron chi connectivity index (χ0n) is 5.72. The molecule has 9 heavy (non-hydrogen) atoms. The molecule has 2 heteroatoms. The van der Waals surface area contributed by atoms with Crippen LogP contribution in [0, 0.1) is 0 Å². The molecule has 1 rings (SSSR count). The Labute approximate surface area is 55.2 Å². The maximum absolute atomic E-state index is 10.5. The Morgan fingerprint density at radius 2 is 2.56 bits per heavy atom. The van der Waals surface area contributed by atoms with Crippen LogP contribution in [0.3, 0.4) is 0 Å². The van der Waals surface area contributed by atoms with Crippen molar-refractivity contribution in [2.24, 2.45) is 0 Å². The summed E-state index contributed by atoms with van der Waals surface area (Å²) in [7, 11) is 0. The highest BCUT2D eigenvalue weighted by Gasteiger charge is 2.21.